The van der Waals surface area contributed by atoms with Gasteiger partial charge in [-0.05, 0) is 30.5 Å². The SMILES string of the molecule is O=C(CSC1CC(=O)N(Cc2ccc(C(=O)NCCCCCCCOP(=O)(O)O)cc2)C1)NS. The third-order valence-corrected chi connectivity index (χ3v) is 7.19. The van der Waals surface area contributed by atoms with Gasteiger partial charge in [0.05, 0.1) is 12.4 Å². The molecule has 13 heteroatoms. The van der Waals surface area contributed by atoms with Gasteiger partial charge in [0.15, 0.2) is 0 Å². The zero-order valence-corrected chi connectivity index (χ0v) is 21.5. The molecule has 1 unspecified atom stereocenters. The first-order valence-electron chi connectivity index (χ1n) is 11.1. The van der Waals surface area contributed by atoms with Crippen molar-refractivity contribution >= 4 is 50.1 Å². The number of phosphoric ester groups is 1. The second kappa shape index (κ2) is 14.8. The summed E-state index contributed by atoms with van der Waals surface area (Å²) in [5, 5.41) is 2.96. The van der Waals surface area contributed by atoms with Crippen LogP contribution in [0.15, 0.2) is 24.3 Å². The molecule has 1 aliphatic rings. The van der Waals surface area contributed by atoms with Gasteiger partial charge in [-0.15, -0.1) is 11.8 Å². The number of phosphoric acid groups is 1. The fraction of sp³-hybridized carbons (Fsp3) is 0.571. The second-order valence-corrected chi connectivity index (χ2v) is 10.7. The van der Waals surface area contributed by atoms with Crippen molar-refractivity contribution in [1.82, 2.24) is 14.9 Å². The highest BCUT2D eigenvalue weighted by molar-refractivity contribution is 8.00. The van der Waals surface area contributed by atoms with E-state index in [9.17, 15) is 18.9 Å². The standard InChI is InChI=1S/C21H32N3O7PS2/c25-19(23-33)15-34-18-12-20(26)24(14-18)13-16-6-8-17(9-7-16)21(27)22-10-4-2-1-3-5-11-31-32(28,29)30/h6-9,18,33H,1-5,10-15H2,(H,22,27)(H,23,25)(H2,28,29,30). The molecule has 0 aliphatic carbocycles. The Hall–Kier alpha value is -1.56. The zero-order chi connectivity index (χ0) is 25.0. The van der Waals surface area contributed by atoms with E-state index >= 15 is 0 Å². The largest absolute Gasteiger partial charge is 0.469 e. The maximum absolute atomic E-state index is 12.3. The van der Waals surface area contributed by atoms with Crippen LogP contribution in [0.5, 0.6) is 0 Å². The van der Waals surface area contributed by atoms with Gasteiger partial charge >= 0.3 is 7.82 Å². The molecule has 0 bridgehead atoms. The maximum atomic E-state index is 12.3. The minimum atomic E-state index is -4.38. The van der Waals surface area contributed by atoms with Gasteiger partial charge in [0.2, 0.25) is 11.8 Å². The first-order valence-corrected chi connectivity index (χ1v) is 14.1. The van der Waals surface area contributed by atoms with Gasteiger partial charge in [0.25, 0.3) is 5.91 Å². The molecule has 10 nitrogen and oxygen atoms in total. The summed E-state index contributed by atoms with van der Waals surface area (Å²) in [6.07, 6.45) is 4.41. The highest BCUT2D eigenvalue weighted by Gasteiger charge is 2.30. The van der Waals surface area contributed by atoms with Gasteiger partial charge in [-0.1, -0.05) is 44.2 Å². The summed E-state index contributed by atoms with van der Waals surface area (Å²) in [7, 11) is -4.38. The highest BCUT2D eigenvalue weighted by Crippen LogP contribution is 2.35. The van der Waals surface area contributed by atoms with E-state index in [2.05, 4.69) is 27.4 Å². The molecule has 1 aromatic rings. The molecule has 4 N–H and O–H groups in total. The van der Waals surface area contributed by atoms with Crippen molar-refractivity contribution in [1.29, 1.82) is 0 Å². The van der Waals surface area contributed by atoms with Crippen molar-refractivity contribution < 1.29 is 33.3 Å². The Balaban J connectivity index is 1.62. The lowest BCUT2D eigenvalue weighted by Crippen LogP contribution is -2.26. The predicted octanol–water partition coefficient (Wildman–Crippen LogP) is 2.27. The van der Waals surface area contributed by atoms with Crippen molar-refractivity contribution in [2.24, 2.45) is 0 Å². The number of hydrogen-bond acceptors (Lipinski definition) is 7. The van der Waals surface area contributed by atoms with E-state index in [0.29, 0.717) is 38.0 Å². The van der Waals surface area contributed by atoms with Gasteiger partial charge in [-0.2, -0.15) is 0 Å². The number of carbonyl (C=O) groups is 3. The van der Waals surface area contributed by atoms with Crippen molar-refractivity contribution in [2.75, 3.05) is 25.4 Å². The number of carbonyl (C=O) groups excluding carboxylic acids is 3. The van der Waals surface area contributed by atoms with Crippen LogP contribution in [0.3, 0.4) is 0 Å². The minimum Gasteiger partial charge on any atom is -0.352 e. The molecule has 1 aliphatic heterocycles. The van der Waals surface area contributed by atoms with Gasteiger partial charge in [-0.3, -0.25) is 18.9 Å². The predicted molar refractivity (Wildman–Crippen MR) is 133 cm³/mol. The number of hydrogen-bond donors (Lipinski definition) is 5. The monoisotopic (exact) mass is 533 g/mol. The van der Waals surface area contributed by atoms with Gasteiger partial charge in [0.1, 0.15) is 0 Å². The van der Waals surface area contributed by atoms with Crippen LogP contribution in [-0.4, -0.2) is 63.1 Å². The summed E-state index contributed by atoms with van der Waals surface area (Å²) < 4.78 is 17.2. The molecule has 0 aromatic heterocycles. The molecule has 2 rings (SSSR count). The normalized spacial score (nSPS) is 16.0. The molecule has 190 valence electrons. The van der Waals surface area contributed by atoms with Crippen LogP contribution in [0, 0.1) is 0 Å². The molecule has 0 spiro atoms. The van der Waals surface area contributed by atoms with Crippen molar-refractivity contribution in [3.05, 3.63) is 35.4 Å². The number of amides is 3. The quantitative estimate of drug-likeness (QED) is 0.131. The van der Waals surface area contributed by atoms with Crippen molar-refractivity contribution in [3.63, 3.8) is 0 Å². The number of thioether (sulfide) groups is 1. The van der Waals surface area contributed by atoms with E-state index in [0.717, 1.165) is 31.2 Å². The van der Waals surface area contributed by atoms with E-state index in [1.54, 1.807) is 17.0 Å². The van der Waals surface area contributed by atoms with Crippen LogP contribution >= 0.6 is 32.4 Å². The van der Waals surface area contributed by atoms with Crippen molar-refractivity contribution in [2.45, 2.75) is 50.3 Å². The van der Waals surface area contributed by atoms with E-state index in [4.69, 9.17) is 9.79 Å². The number of benzene rings is 1. The Morgan fingerprint density at radius 2 is 1.82 bits per heavy atom. The van der Waals surface area contributed by atoms with Crippen LogP contribution in [0.1, 0.15) is 54.4 Å². The number of nitrogens with one attached hydrogen (secondary N) is 2. The molecular weight excluding hydrogens is 501 g/mol. The molecule has 0 radical (unpaired) electrons. The van der Waals surface area contributed by atoms with E-state index in [1.807, 2.05) is 12.1 Å². The summed E-state index contributed by atoms with van der Waals surface area (Å²) in [6.45, 7) is 1.64. The number of nitrogens with zero attached hydrogens (tertiary/aromatic N) is 1. The van der Waals surface area contributed by atoms with Crippen LogP contribution in [0.2, 0.25) is 0 Å². The smallest absolute Gasteiger partial charge is 0.352 e. The molecule has 34 heavy (non-hydrogen) atoms. The van der Waals surface area contributed by atoms with E-state index < -0.39 is 7.82 Å². The molecule has 0 saturated carbocycles. The maximum Gasteiger partial charge on any atom is 0.469 e. The lowest BCUT2D eigenvalue weighted by atomic mass is 10.1. The minimum absolute atomic E-state index is 0.0393. The summed E-state index contributed by atoms with van der Waals surface area (Å²) >= 11 is 5.17. The summed E-state index contributed by atoms with van der Waals surface area (Å²) in [6, 6.07) is 7.18. The summed E-state index contributed by atoms with van der Waals surface area (Å²) in [5.41, 5.74) is 1.49. The first-order chi connectivity index (χ1) is 16.2. The van der Waals surface area contributed by atoms with Crippen LogP contribution < -0.4 is 10.0 Å². The average molecular weight is 534 g/mol. The van der Waals surface area contributed by atoms with Gasteiger partial charge in [0, 0.05) is 36.9 Å². The van der Waals surface area contributed by atoms with Crippen molar-refractivity contribution in [3.8, 4) is 0 Å². The summed E-state index contributed by atoms with van der Waals surface area (Å²) in [5.74, 6) is -0.00933. The molecule has 1 fully saturated rings. The Morgan fingerprint density at radius 3 is 2.50 bits per heavy atom. The number of likely N-dealkylation sites (tertiary alicyclic amines) is 1. The number of rotatable bonds is 15. The van der Waals surface area contributed by atoms with E-state index in [-0.39, 0.29) is 35.3 Å². The first kappa shape index (κ1) is 28.7. The lowest BCUT2D eigenvalue weighted by molar-refractivity contribution is -0.128. The van der Waals surface area contributed by atoms with Gasteiger partial charge in [-0.25, -0.2) is 4.57 Å². The summed E-state index contributed by atoms with van der Waals surface area (Å²) in [4.78, 5) is 54.8. The average Bonchev–Trinajstić information content (AvgIpc) is 3.14. The molecular formula is C21H32N3O7PS2. The number of unbranched alkanes of at least 4 members (excludes halogenated alkanes) is 4. The van der Waals surface area contributed by atoms with Crippen LogP contribution in [-0.2, 0) is 25.2 Å². The fourth-order valence-electron chi connectivity index (χ4n) is 3.45. The zero-order valence-electron chi connectivity index (χ0n) is 18.9. The topological polar surface area (TPSA) is 145 Å². The van der Waals surface area contributed by atoms with Crippen LogP contribution in [0.4, 0.5) is 0 Å². The lowest BCUT2D eigenvalue weighted by Gasteiger charge is -2.17. The number of thiol groups is 1. The Kier molecular flexibility index (Phi) is 12.4. The highest BCUT2D eigenvalue weighted by atomic mass is 32.2. The Bertz CT molecular complexity index is 866. The van der Waals surface area contributed by atoms with E-state index in [1.165, 1.54) is 11.8 Å². The van der Waals surface area contributed by atoms with Crippen LogP contribution in [0.25, 0.3) is 0 Å². The third kappa shape index (κ3) is 11.2. The Morgan fingerprint density at radius 1 is 1.15 bits per heavy atom. The third-order valence-electron chi connectivity index (χ3n) is 5.21. The molecule has 1 saturated heterocycles. The fourth-order valence-corrected chi connectivity index (χ4v) is 5.01. The Labute approximate surface area is 209 Å². The van der Waals surface area contributed by atoms with Gasteiger partial charge < -0.3 is 24.7 Å². The molecule has 3 amide bonds. The second-order valence-electron chi connectivity index (χ2n) is 7.99. The molecule has 1 atom stereocenters. The molecule has 1 heterocycles. The molecule has 1 aromatic carbocycles.